The highest BCUT2D eigenvalue weighted by molar-refractivity contribution is 7.91. The van der Waals surface area contributed by atoms with Crippen LogP contribution >= 0.6 is 0 Å². The molecule has 0 spiro atoms. The predicted octanol–water partition coefficient (Wildman–Crippen LogP) is -0.0858. The highest BCUT2D eigenvalue weighted by Crippen LogP contribution is 2.13. The van der Waals surface area contributed by atoms with Crippen molar-refractivity contribution in [3.05, 3.63) is 35.4 Å². The second kappa shape index (κ2) is 10.9. The first-order valence-electron chi connectivity index (χ1n) is 10.3. The quantitative estimate of drug-likeness (QED) is 0.468. The van der Waals surface area contributed by atoms with E-state index >= 15 is 0 Å². The Morgan fingerprint density at radius 3 is 2.41 bits per heavy atom. The van der Waals surface area contributed by atoms with Gasteiger partial charge in [-0.3, -0.25) is 14.8 Å². The third kappa shape index (κ3) is 7.26. The fraction of sp³-hybridized carbons (Fsp3) is 0.650. The number of aliphatic imine (C=N–C) groups is 1. The minimum atomic E-state index is -2.82. The first-order valence-corrected chi connectivity index (χ1v) is 12.1. The maximum atomic E-state index is 11.5. The van der Waals surface area contributed by atoms with Crippen molar-refractivity contribution in [3.8, 4) is 0 Å². The number of hydrogen-bond acceptors (Lipinski definition) is 6. The van der Waals surface area contributed by atoms with Crippen LogP contribution in [0.4, 0.5) is 0 Å². The Kier molecular flexibility index (Phi) is 8.29. The predicted molar refractivity (Wildman–Crippen MR) is 116 cm³/mol. The molecule has 3 rings (SSSR count). The number of nitrogens with zero attached hydrogens (tertiary/aromatic N) is 3. The lowest BCUT2D eigenvalue weighted by Crippen LogP contribution is -2.45. The lowest BCUT2D eigenvalue weighted by Gasteiger charge is -2.27. The van der Waals surface area contributed by atoms with Gasteiger partial charge < -0.3 is 15.4 Å². The van der Waals surface area contributed by atoms with Crippen molar-refractivity contribution in [2.45, 2.75) is 13.1 Å². The van der Waals surface area contributed by atoms with Crippen molar-refractivity contribution in [3.63, 3.8) is 0 Å². The van der Waals surface area contributed by atoms with E-state index in [0.717, 1.165) is 51.9 Å². The van der Waals surface area contributed by atoms with Gasteiger partial charge in [-0.2, -0.15) is 0 Å². The number of sulfone groups is 1. The molecule has 8 nitrogen and oxygen atoms in total. The molecular formula is C20H33N5O3S. The van der Waals surface area contributed by atoms with Gasteiger partial charge in [-0.1, -0.05) is 24.3 Å². The molecule has 29 heavy (non-hydrogen) atoms. The number of hydrogen-bond donors (Lipinski definition) is 2. The molecule has 2 fully saturated rings. The zero-order valence-corrected chi connectivity index (χ0v) is 18.1. The van der Waals surface area contributed by atoms with E-state index in [1.807, 2.05) is 0 Å². The van der Waals surface area contributed by atoms with E-state index in [9.17, 15) is 8.42 Å². The lowest BCUT2D eigenvalue weighted by atomic mass is 10.1. The van der Waals surface area contributed by atoms with Crippen molar-refractivity contribution in [2.24, 2.45) is 4.99 Å². The zero-order valence-electron chi connectivity index (χ0n) is 17.3. The van der Waals surface area contributed by atoms with E-state index in [4.69, 9.17) is 4.74 Å². The number of benzene rings is 1. The maximum Gasteiger partial charge on any atom is 0.191 e. The van der Waals surface area contributed by atoms with Gasteiger partial charge in [0.15, 0.2) is 15.8 Å². The Labute approximate surface area is 174 Å². The van der Waals surface area contributed by atoms with Crippen molar-refractivity contribution < 1.29 is 13.2 Å². The molecule has 0 amide bonds. The first kappa shape index (κ1) is 22.0. The normalized spacial score (nSPS) is 21.1. The van der Waals surface area contributed by atoms with Gasteiger partial charge in [0.05, 0.1) is 24.7 Å². The number of rotatable bonds is 7. The molecule has 2 N–H and O–H groups in total. The second-order valence-electron chi connectivity index (χ2n) is 7.50. The summed E-state index contributed by atoms with van der Waals surface area (Å²) in [6.07, 6.45) is 0. The molecule has 1 aromatic rings. The number of guanidine groups is 1. The molecule has 9 heteroatoms. The SMILES string of the molecule is CN=C(NCCN1CCS(=O)(=O)CC1)NCc1ccccc1CN1CCOCC1. The standard InChI is InChI=1S/C20H33N5O3S/c1-21-20(22-6-7-24-10-14-29(26,27)15-11-24)23-16-18-4-2-3-5-19(18)17-25-8-12-28-13-9-25/h2-5H,6-17H2,1H3,(H2,21,22,23). The topological polar surface area (TPSA) is 86.3 Å². The molecule has 2 aliphatic rings. The largest absolute Gasteiger partial charge is 0.379 e. The van der Waals surface area contributed by atoms with Gasteiger partial charge in [0.25, 0.3) is 0 Å². The smallest absolute Gasteiger partial charge is 0.191 e. The summed E-state index contributed by atoms with van der Waals surface area (Å²) in [6.45, 7) is 7.98. The van der Waals surface area contributed by atoms with Gasteiger partial charge >= 0.3 is 0 Å². The van der Waals surface area contributed by atoms with Crippen molar-refractivity contribution in [2.75, 3.05) is 71.0 Å². The molecule has 1 aromatic carbocycles. The summed E-state index contributed by atoms with van der Waals surface area (Å²) >= 11 is 0. The van der Waals surface area contributed by atoms with Gasteiger partial charge in [0.2, 0.25) is 0 Å². The van der Waals surface area contributed by atoms with Crippen LogP contribution in [-0.2, 0) is 27.7 Å². The second-order valence-corrected chi connectivity index (χ2v) is 9.81. The summed E-state index contributed by atoms with van der Waals surface area (Å²) in [6, 6.07) is 8.50. The zero-order chi connectivity index (χ0) is 20.5. The number of ether oxygens (including phenoxy) is 1. The molecule has 0 saturated carbocycles. The van der Waals surface area contributed by atoms with E-state index in [-0.39, 0.29) is 11.5 Å². The van der Waals surface area contributed by atoms with E-state index < -0.39 is 9.84 Å². The summed E-state index contributed by atoms with van der Waals surface area (Å²) < 4.78 is 28.5. The van der Waals surface area contributed by atoms with E-state index in [2.05, 4.69) is 49.7 Å². The minimum absolute atomic E-state index is 0.264. The van der Waals surface area contributed by atoms with Crippen LogP contribution in [0.5, 0.6) is 0 Å². The molecule has 0 atom stereocenters. The van der Waals surface area contributed by atoms with Crippen LogP contribution in [0.3, 0.4) is 0 Å². The average molecular weight is 424 g/mol. The molecule has 0 aromatic heterocycles. The minimum Gasteiger partial charge on any atom is -0.379 e. The van der Waals surface area contributed by atoms with Gasteiger partial charge in [-0.15, -0.1) is 0 Å². The highest BCUT2D eigenvalue weighted by Gasteiger charge is 2.21. The van der Waals surface area contributed by atoms with Crippen molar-refractivity contribution >= 4 is 15.8 Å². The summed E-state index contributed by atoms with van der Waals surface area (Å²) in [7, 11) is -1.06. The van der Waals surface area contributed by atoms with Crippen LogP contribution in [0.2, 0.25) is 0 Å². The third-order valence-corrected chi connectivity index (χ3v) is 7.05. The van der Waals surface area contributed by atoms with Gasteiger partial charge in [0.1, 0.15) is 0 Å². The molecule has 2 heterocycles. The fourth-order valence-corrected chi connectivity index (χ4v) is 4.87. The molecular weight excluding hydrogens is 390 g/mol. The number of morpholine rings is 1. The summed E-state index contributed by atoms with van der Waals surface area (Å²) in [5.41, 5.74) is 2.59. The van der Waals surface area contributed by atoms with Crippen LogP contribution < -0.4 is 10.6 Å². The Morgan fingerprint density at radius 2 is 1.72 bits per heavy atom. The van der Waals surface area contributed by atoms with Gasteiger partial charge in [-0.25, -0.2) is 8.42 Å². The summed E-state index contributed by atoms with van der Waals surface area (Å²) in [4.78, 5) is 8.91. The van der Waals surface area contributed by atoms with Gasteiger partial charge in [0, 0.05) is 59.4 Å². The Bertz CT molecular complexity index is 764. The monoisotopic (exact) mass is 423 g/mol. The highest BCUT2D eigenvalue weighted by atomic mass is 32.2. The third-order valence-electron chi connectivity index (χ3n) is 5.44. The maximum absolute atomic E-state index is 11.5. The van der Waals surface area contributed by atoms with Crippen LogP contribution in [0.15, 0.2) is 29.3 Å². The van der Waals surface area contributed by atoms with E-state index in [0.29, 0.717) is 19.6 Å². The van der Waals surface area contributed by atoms with Crippen LogP contribution in [-0.4, -0.2) is 95.2 Å². The molecule has 0 bridgehead atoms. The average Bonchev–Trinajstić information content (AvgIpc) is 2.73. The molecule has 0 unspecified atom stereocenters. The Balaban J connectivity index is 1.43. The molecule has 162 valence electrons. The fourth-order valence-electron chi connectivity index (χ4n) is 3.59. The molecule has 2 aliphatic heterocycles. The molecule has 0 radical (unpaired) electrons. The van der Waals surface area contributed by atoms with Gasteiger partial charge in [-0.05, 0) is 11.1 Å². The van der Waals surface area contributed by atoms with Crippen LogP contribution in [0, 0.1) is 0 Å². The molecule has 0 aliphatic carbocycles. The van der Waals surface area contributed by atoms with Crippen LogP contribution in [0.25, 0.3) is 0 Å². The van der Waals surface area contributed by atoms with E-state index in [1.54, 1.807) is 7.05 Å². The number of nitrogens with one attached hydrogen (secondary N) is 2. The Hall–Kier alpha value is -1.68. The van der Waals surface area contributed by atoms with Crippen molar-refractivity contribution in [1.82, 2.24) is 20.4 Å². The summed E-state index contributed by atoms with van der Waals surface area (Å²) in [5, 5.41) is 6.72. The van der Waals surface area contributed by atoms with Crippen molar-refractivity contribution in [1.29, 1.82) is 0 Å². The Morgan fingerprint density at radius 1 is 1.03 bits per heavy atom. The van der Waals surface area contributed by atoms with Crippen LogP contribution in [0.1, 0.15) is 11.1 Å². The molecule has 2 saturated heterocycles. The summed E-state index contributed by atoms with van der Waals surface area (Å²) in [5.74, 6) is 1.29. The lowest BCUT2D eigenvalue weighted by molar-refractivity contribution is 0.0341. The first-order chi connectivity index (χ1) is 14.1. The van der Waals surface area contributed by atoms with E-state index in [1.165, 1.54) is 11.1 Å².